The highest BCUT2D eigenvalue weighted by atomic mass is 14.1. The Kier molecular flexibility index (Phi) is 3.92. The number of hydrogen-bond donors (Lipinski definition) is 0. The minimum atomic E-state index is 1.01. The minimum Gasteiger partial charge on any atom is -0.0884 e. The first-order chi connectivity index (χ1) is 10.2. The summed E-state index contributed by atoms with van der Waals surface area (Å²) < 4.78 is 0. The van der Waals surface area contributed by atoms with Crippen LogP contribution in [0.1, 0.15) is 23.6 Å². The molecule has 0 amide bonds. The van der Waals surface area contributed by atoms with Crippen LogP contribution in [0, 0.1) is 0 Å². The average molecular weight is 270 g/mol. The van der Waals surface area contributed by atoms with Crippen LogP contribution < -0.4 is 0 Å². The van der Waals surface area contributed by atoms with Crippen LogP contribution in [0.15, 0.2) is 77.8 Å². The van der Waals surface area contributed by atoms with E-state index in [-0.39, 0.29) is 0 Å². The number of benzene rings is 2. The highest BCUT2D eigenvalue weighted by Crippen LogP contribution is 2.25. The van der Waals surface area contributed by atoms with Gasteiger partial charge in [-0.1, -0.05) is 77.8 Å². The third-order valence-corrected chi connectivity index (χ3v) is 3.80. The van der Waals surface area contributed by atoms with Gasteiger partial charge in [0.15, 0.2) is 0 Å². The summed E-state index contributed by atoms with van der Waals surface area (Å²) in [6.07, 6.45) is 7.89. The van der Waals surface area contributed by atoms with Gasteiger partial charge in [0, 0.05) is 0 Å². The highest BCUT2D eigenvalue weighted by Gasteiger charge is 2.06. The number of hydrogen-bond acceptors (Lipinski definition) is 0. The largest absolute Gasteiger partial charge is 0.139 e. The Morgan fingerprint density at radius 1 is 0.810 bits per heavy atom. The lowest BCUT2D eigenvalue weighted by atomic mass is 9.89. The fourth-order valence-corrected chi connectivity index (χ4v) is 2.87. The Labute approximate surface area is 127 Å². The van der Waals surface area contributed by atoms with Crippen molar-refractivity contribution in [2.24, 2.45) is 0 Å². The topological polar surface area (TPSA) is 0 Å². The maximum atomic E-state index is 2.31. The van der Waals surface area contributed by atoms with Gasteiger partial charge in [0.25, 0.3) is 0 Å². The molecule has 0 aliphatic heterocycles. The summed E-state index contributed by atoms with van der Waals surface area (Å²) >= 11 is 0. The van der Waals surface area contributed by atoms with Crippen molar-refractivity contribution in [2.75, 3.05) is 0 Å². The molecule has 1 aliphatic carbocycles. The maximum absolute atomic E-state index is 2.31. The standard InChI is InChI=1S/C20H19B/c1-15-11-17-9-5-6-10-18(17)13-19(14-20(21)12-15)16-7-3-2-4-8-16/h2-10,12-14H,11,21H2,1H3/b15-12+,19-13-,20-14+. The lowest BCUT2D eigenvalue weighted by Gasteiger charge is -2.07. The fourth-order valence-electron chi connectivity index (χ4n) is 2.87. The van der Waals surface area contributed by atoms with E-state index in [0.717, 1.165) is 6.42 Å². The Morgan fingerprint density at radius 2 is 1.52 bits per heavy atom. The van der Waals surface area contributed by atoms with E-state index in [2.05, 4.69) is 87.6 Å². The molecule has 0 bridgehead atoms. The van der Waals surface area contributed by atoms with Gasteiger partial charge in [-0.15, -0.1) is 0 Å². The third kappa shape index (κ3) is 3.25. The van der Waals surface area contributed by atoms with Crippen LogP contribution in [-0.4, -0.2) is 7.85 Å². The lowest BCUT2D eigenvalue weighted by Crippen LogP contribution is -1.91. The first-order valence-corrected chi connectivity index (χ1v) is 7.43. The van der Waals surface area contributed by atoms with E-state index in [1.54, 1.807) is 0 Å². The fraction of sp³-hybridized carbons (Fsp3) is 0.100. The van der Waals surface area contributed by atoms with Crippen molar-refractivity contribution < 1.29 is 0 Å². The summed E-state index contributed by atoms with van der Waals surface area (Å²) in [5.41, 5.74) is 7.94. The van der Waals surface area contributed by atoms with E-state index in [1.807, 2.05) is 0 Å². The molecule has 1 aliphatic rings. The molecule has 0 fully saturated rings. The second kappa shape index (κ2) is 6.01. The van der Waals surface area contributed by atoms with Crippen molar-refractivity contribution in [2.45, 2.75) is 13.3 Å². The Bertz CT molecular complexity index is 733. The Hall–Kier alpha value is -2.28. The van der Waals surface area contributed by atoms with Crippen LogP contribution in [0.25, 0.3) is 11.6 Å². The minimum absolute atomic E-state index is 1.01. The van der Waals surface area contributed by atoms with Crippen LogP contribution >= 0.6 is 0 Å². The summed E-state index contributed by atoms with van der Waals surface area (Å²) in [5.74, 6) is 0. The molecule has 0 nitrogen and oxygen atoms in total. The van der Waals surface area contributed by atoms with Crippen LogP contribution in [0.2, 0.25) is 0 Å². The number of fused-ring (bicyclic) bond motifs is 1. The van der Waals surface area contributed by atoms with Crippen LogP contribution in [0.3, 0.4) is 0 Å². The van der Waals surface area contributed by atoms with Crippen molar-refractivity contribution in [3.05, 3.63) is 94.5 Å². The smallest absolute Gasteiger partial charge is 0.0884 e. The van der Waals surface area contributed by atoms with Gasteiger partial charge < -0.3 is 0 Å². The SMILES string of the molecule is BC1=C/C(c2ccccc2)=C/c2ccccc2C\C(C)=C\1. The van der Waals surface area contributed by atoms with Gasteiger partial charge in [0.1, 0.15) is 7.85 Å². The van der Waals surface area contributed by atoms with Gasteiger partial charge in [0.05, 0.1) is 0 Å². The predicted octanol–water partition coefficient (Wildman–Crippen LogP) is 4.25. The molecule has 0 saturated carbocycles. The average Bonchev–Trinajstić information content (AvgIpc) is 2.54. The molecule has 0 N–H and O–H groups in total. The van der Waals surface area contributed by atoms with E-state index < -0.39 is 0 Å². The van der Waals surface area contributed by atoms with Gasteiger partial charge >= 0.3 is 0 Å². The van der Waals surface area contributed by atoms with E-state index >= 15 is 0 Å². The molecular formula is C20H19B. The quantitative estimate of drug-likeness (QED) is 0.680. The molecule has 3 rings (SSSR count). The molecule has 0 spiro atoms. The molecule has 21 heavy (non-hydrogen) atoms. The van der Waals surface area contributed by atoms with Crippen LogP contribution in [0.5, 0.6) is 0 Å². The van der Waals surface area contributed by atoms with E-state index in [0.29, 0.717) is 0 Å². The van der Waals surface area contributed by atoms with Gasteiger partial charge in [-0.25, -0.2) is 0 Å². The van der Waals surface area contributed by atoms with E-state index in [9.17, 15) is 0 Å². The molecule has 0 saturated heterocycles. The summed E-state index contributed by atoms with van der Waals surface area (Å²) in [5, 5.41) is 0. The molecule has 102 valence electrons. The third-order valence-electron chi connectivity index (χ3n) is 3.80. The van der Waals surface area contributed by atoms with Gasteiger partial charge in [0.2, 0.25) is 0 Å². The van der Waals surface area contributed by atoms with Gasteiger partial charge in [-0.2, -0.15) is 0 Å². The summed E-state index contributed by atoms with van der Waals surface area (Å²) in [6.45, 7) is 2.21. The van der Waals surface area contributed by atoms with Crippen LogP contribution in [0.4, 0.5) is 0 Å². The van der Waals surface area contributed by atoms with Crippen molar-refractivity contribution in [1.29, 1.82) is 0 Å². The summed E-state index contributed by atoms with van der Waals surface area (Å²) in [4.78, 5) is 0. The van der Waals surface area contributed by atoms with Crippen LogP contribution in [-0.2, 0) is 6.42 Å². The Balaban J connectivity index is 2.20. The first kappa shape index (κ1) is 13.7. The zero-order valence-corrected chi connectivity index (χ0v) is 12.6. The normalized spacial score (nSPS) is 22.2. The van der Waals surface area contributed by atoms with Crippen molar-refractivity contribution in [3.8, 4) is 0 Å². The molecule has 2 aromatic rings. The summed E-state index contributed by atoms with van der Waals surface area (Å²) in [7, 11) is 2.18. The second-order valence-corrected chi connectivity index (χ2v) is 5.72. The van der Waals surface area contributed by atoms with E-state index in [4.69, 9.17) is 0 Å². The van der Waals surface area contributed by atoms with Crippen molar-refractivity contribution in [3.63, 3.8) is 0 Å². The molecular weight excluding hydrogens is 251 g/mol. The van der Waals surface area contributed by atoms with Gasteiger partial charge in [-0.3, -0.25) is 0 Å². The highest BCUT2D eigenvalue weighted by molar-refractivity contribution is 6.24. The number of allylic oxidation sites excluding steroid dienone is 5. The molecule has 0 aromatic heterocycles. The van der Waals surface area contributed by atoms with Crippen molar-refractivity contribution >= 4 is 19.5 Å². The number of rotatable bonds is 1. The van der Waals surface area contributed by atoms with E-state index in [1.165, 1.54) is 33.3 Å². The molecule has 1 heteroatoms. The summed E-state index contributed by atoms with van der Waals surface area (Å²) in [6, 6.07) is 19.3. The Morgan fingerprint density at radius 3 is 2.33 bits per heavy atom. The van der Waals surface area contributed by atoms with Crippen molar-refractivity contribution in [1.82, 2.24) is 0 Å². The maximum Gasteiger partial charge on any atom is 0.139 e. The monoisotopic (exact) mass is 270 g/mol. The molecule has 0 atom stereocenters. The zero-order chi connectivity index (χ0) is 14.7. The van der Waals surface area contributed by atoms with Gasteiger partial charge in [-0.05, 0) is 41.7 Å². The molecule has 0 unspecified atom stereocenters. The lowest BCUT2D eigenvalue weighted by molar-refractivity contribution is 1.14. The zero-order valence-electron chi connectivity index (χ0n) is 12.6. The molecule has 0 heterocycles. The first-order valence-electron chi connectivity index (χ1n) is 7.43. The second-order valence-electron chi connectivity index (χ2n) is 5.72. The molecule has 0 radical (unpaired) electrons. The molecule has 2 aromatic carbocycles. The predicted molar refractivity (Wildman–Crippen MR) is 94.8 cm³/mol.